The maximum atomic E-state index is 10.6. The van der Waals surface area contributed by atoms with Gasteiger partial charge in [0.1, 0.15) is 5.03 Å². The van der Waals surface area contributed by atoms with Crippen LogP contribution in [-0.4, -0.2) is 22.7 Å². The van der Waals surface area contributed by atoms with Gasteiger partial charge in [-0.05, 0) is 12.1 Å². The molecule has 76 valence electrons. The van der Waals surface area contributed by atoms with Crippen molar-refractivity contribution in [1.82, 2.24) is 4.98 Å². The van der Waals surface area contributed by atoms with Crippen LogP contribution >= 0.6 is 23.4 Å². The summed E-state index contributed by atoms with van der Waals surface area (Å²) in [5, 5.41) is 1.21. The molecule has 1 aromatic heterocycles. The van der Waals surface area contributed by atoms with Gasteiger partial charge in [-0.3, -0.25) is 4.79 Å². The molecule has 0 aliphatic heterocycles. The molecule has 0 fully saturated rings. The summed E-state index contributed by atoms with van der Waals surface area (Å²) in [5.41, 5.74) is 10.5. The van der Waals surface area contributed by atoms with Gasteiger partial charge in [-0.2, -0.15) is 0 Å². The minimum Gasteiger partial charge on any atom is -0.368 e. The average Bonchev–Trinajstić information content (AvgIpc) is 2.16. The van der Waals surface area contributed by atoms with E-state index in [9.17, 15) is 4.79 Å². The van der Waals surface area contributed by atoms with E-state index in [0.29, 0.717) is 15.8 Å². The minimum absolute atomic E-state index is 0.381. The van der Waals surface area contributed by atoms with Crippen LogP contribution in [0.1, 0.15) is 0 Å². The van der Waals surface area contributed by atoms with Gasteiger partial charge in [-0.25, -0.2) is 4.98 Å². The summed E-state index contributed by atoms with van der Waals surface area (Å²) in [4.78, 5) is 14.7. The summed E-state index contributed by atoms with van der Waals surface area (Å²) in [6.07, 6.45) is 1.63. The van der Waals surface area contributed by atoms with Crippen molar-refractivity contribution in [1.29, 1.82) is 0 Å². The van der Waals surface area contributed by atoms with Crippen LogP contribution in [0.5, 0.6) is 0 Å². The van der Waals surface area contributed by atoms with Gasteiger partial charge in [0.05, 0.1) is 11.1 Å². The summed E-state index contributed by atoms with van der Waals surface area (Å²) in [6.45, 7) is 0. The quantitative estimate of drug-likeness (QED) is 0.745. The highest BCUT2D eigenvalue weighted by Crippen LogP contribution is 2.24. The van der Waals surface area contributed by atoms with Crippen molar-refractivity contribution in [3.63, 3.8) is 0 Å². The zero-order chi connectivity index (χ0) is 10.6. The number of nitrogens with two attached hydrogens (primary N) is 2. The van der Waals surface area contributed by atoms with Crippen LogP contribution in [0.3, 0.4) is 0 Å². The molecule has 0 aliphatic carbocycles. The lowest BCUT2D eigenvalue weighted by Gasteiger charge is -2.06. The largest absolute Gasteiger partial charge is 0.368 e. The van der Waals surface area contributed by atoms with E-state index in [0.717, 1.165) is 0 Å². The van der Waals surface area contributed by atoms with Crippen molar-refractivity contribution in [3.05, 3.63) is 23.4 Å². The summed E-state index contributed by atoms with van der Waals surface area (Å²) in [5.74, 6) is -0.143. The first-order valence-electron chi connectivity index (χ1n) is 3.89. The van der Waals surface area contributed by atoms with Crippen LogP contribution in [0.2, 0.25) is 5.02 Å². The van der Waals surface area contributed by atoms with Crippen molar-refractivity contribution in [2.24, 2.45) is 11.5 Å². The molecule has 0 spiro atoms. The molecule has 4 N–H and O–H groups in total. The van der Waals surface area contributed by atoms with E-state index < -0.39 is 11.9 Å². The van der Waals surface area contributed by atoms with E-state index in [1.807, 2.05) is 0 Å². The van der Waals surface area contributed by atoms with Crippen LogP contribution in [0.25, 0.3) is 0 Å². The molecule has 1 atom stereocenters. The van der Waals surface area contributed by atoms with Gasteiger partial charge in [0.15, 0.2) is 0 Å². The van der Waals surface area contributed by atoms with Crippen LogP contribution < -0.4 is 11.5 Å². The number of rotatable bonds is 4. The number of pyridine rings is 1. The third-order valence-corrected chi connectivity index (χ3v) is 3.03. The number of hydrogen-bond acceptors (Lipinski definition) is 4. The summed E-state index contributed by atoms with van der Waals surface area (Å²) >= 11 is 7.16. The number of thioether (sulfide) groups is 1. The Morgan fingerprint density at radius 1 is 1.71 bits per heavy atom. The van der Waals surface area contributed by atoms with Crippen LogP contribution in [0, 0.1) is 0 Å². The van der Waals surface area contributed by atoms with Crippen molar-refractivity contribution >= 4 is 29.3 Å². The first-order chi connectivity index (χ1) is 6.61. The molecular formula is C8H10ClN3OS. The van der Waals surface area contributed by atoms with Gasteiger partial charge in [-0.15, -0.1) is 11.8 Å². The molecule has 0 saturated heterocycles. The smallest absolute Gasteiger partial charge is 0.235 e. The average molecular weight is 232 g/mol. The van der Waals surface area contributed by atoms with Gasteiger partial charge in [0.2, 0.25) is 5.91 Å². The molecular weight excluding hydrogens is 222 g/mol. The monoisotopic (exact) mass is 231 g/mol. The molecule has 1 heterocycles. The molecule has 0 radical (unpaired) electrons. The number of nitrogens with zero attached hydrogens (tertiary/aromatic N) is 1. The predicted molar refractivity (Wildman–Crippen MR) is 57.1 cm³/mol. The van der Waals surface area contributed by atoms with E-state index in [1.54, 1.807) is 18.3 Å². The minimum atomic E-state index is -0.668. The molecule has 4 nitrogen and oxygen atoms in total. The Bertz CT molecular complexity index is 334. The lowest BCUT2D eigenvalue weighted by molar-refractivity contribution is -0.118. The molecule has 0 aromatic carbocycles. The van der Waals surface area contributed by atoms with E-state index >= 15 is 0 Å². The SMILES string of the molecule is NC(=O)C(N)CSc1ncccc1Cl. The van der Waals surface area contributed by atoms with E-state index in [-0.39, 0.29) is 0 Å². The standard InChI is InChI=1S/C8H10ClN3OS/c9-5-2-1-3-12-8(5)14-4-6(10)7(11)13/h1-3,6H,4,10H2,(H2,11,13). The summed E-state index contributed by atoms with van der Waals surface area (Å²) < 4.78 is 0. The normalized spacial score (nSPS) is 12.4. The number of amides is 1. The van der Waals surface area contributed by atoms with Gasteiger partial charge in [-0.1, -0.05) is 11.6 Å². The number of primary amides is 1. The molecule has 1 amide bonds. The summed E-state index contributed by atoms with van der Waals surface area (Å²) in [6, 6.07) is 2.80. The molecule has 1 rings (SSSR count). The molecule has 6 heteroatoms. The van der Waals surface area contributed by atoms with Gasteiger partial charge in [0.25, 0.3) is 0 Å². The van der Waals surface area contributed by atoms with Crippen molar-refractivity contribution < 1.29 is 4.79 Å². The lowest BCUT2D eigenvalue weighted by Crippen LogP contribution is -2.38. The van der Waals surface area contributed by atoms with Crippen molar-refractivity contribution in [2.75, 3.05) is 5.75 Å². The first-order valence-corrected chi connectivity index (χ1v) is 5.26. The highest BCUT2D eigenvalue weighted by molar-refractivity contribution is 7.99. The number of carbonyl (C=O) groups excluding carboxylic acids is 1. The Kier molecular flexibility index (Phi) is 4.19. The molecule has 14 heavy (non-hydrogen) atoms. The zero-order valence-corrected chi connectivity index (χ0v) is 8.89. The Hall–Kier alpha value is -0.780. The Morgan fingerprint density at radius 2 is 2.43 bits per heavy atom. The van der Waals surface area contributed by atoms with Crippen LogP contribution in [0.4, 0.5) is 0 Å². The third-order valence-electron chi connectivity index (χ3n) is 1.49. The van der Waals surface area contributed by atoms with Crippen molar-refractivity contribution in [2.45, 2.75) is 11.1 Å². The van der Waals surface area contributed by atoms with Crippen LogP contribution in [-0.2, 0) is 4.79 Å². The van der Waals surface area contributed by atoms with Gasteiger partial charge >= 0.3 is 0 Å². The van der Waals surface area contributed by atoms with Crippen LogP contribution in [0.15, 0.2) is 23.4 Å². The van der Waals surface area contributed by atoms with E-state index in [2.05, 4.69) is 4.98 Å². The van der Waals surface area contributed by atoms with Gasteiger partial charge in [0, 0.05) is 11.9 Å². The zero-order valence-electron chi connectivity index (χ0n) is 7.31. The summed E-state index contributed by atoms with van der Waals surface area (Å²) in [7, 11) is 0. The predicted octanol–water partition coefficient (Wildman–Crippen LogP) is 0.640. The highest BCUT2D eigenvalue weighted by atomic mass is 35.5. The topological polar surface area (TPSA) is 82.0 Å². The second-order valence-electron chi connectivity index (χ2n) is 2.61. The first kappa shape index (κ1) is 11.3. The fourth-order valence-electron chi connectivity index (χ4n) is 0.728. The number of carbonyl (C=O) groups is 1. The maximum absolute atomic E-state index is 10.6. The molecule has 1 aromatic rings. The lowest BCUT2D eigenvalue weighted by atomic mass is 10.3. The van der Waals surface area contributed by atoms with E-state index in [1.165, 1.54) is 11.8 Å². The fraction of sp³-hybridized carbons (Fsp3) is 0.250. The Balaban J connectivity index is 2.54. The molecule has 0 bridgehead atoms. The molecule has 1 unspecified atom stereocenters. The van der Waals surface area contributed by atoms with Crippen molar-refractivity contribution in [3.8, 4) is 0 Å². The number of aromatic nitrogens is 1. The number of hydrogen-bond donors (Lipinski definition) is 2. The Labute approximate surface area is 91.0 Å². The maximum Gasteiger partial charge on any atom is 0.235 e. The number of halogens is 1. The molecule has 0 aliphatic rings. The fourth-order valence-corrected chi connectivity index (χ4v) is 1.86. The van der Waals surface area contributed by atoms with E-state index in [4.69, 9.17) is 23.1 Å². The third kappa shape index (κ3) is 3.17. The van der Waals surface area contributed by atoms with Gasteiger partial charge < -0.3 is 11.5 Å². The second kappa shape index (κ2) is 5.19. The Morgan fingerprint density at radius 3 is 3.00 bits per heavy atom. The molecule has 0 saturated carbocycles. The second-order valence-corrected chi connectivity index (χ2v) is 4.03. The highest BCUT2D eigenvalue weighted by Gasteiger charge is 2.11.